The van der Waals surface area contributed by atoms with Crippen molar-refractivity contribution in [3.63, 3.8) is 0 Å². The van der Waals surface area contributed by atoms with Gasteiger partial charge in [-0.2, -0.15) is 13.8 Å². The number of hydrazine groups is 1. The van der Waals surface area contributed by atoms with Gasteiger partial charge >= 0.3 is 11.8 Å². The molecule has 0 saturated carbocycles. The Kier molecular flexibility index (Phi) is 7.78. The Labute approximate surface area is 235 Å². The van der Waals surface area contributed by atoms with Crippen LogP contribution in [0.5, 0.6) is 0 Å². The Hall–Kier alpha value is -3.61. The molecule has 0 spiro atoms. The van der Waals surface area contributed by atoms with Crippen LogP contribution in [0.15, 0.2) is 40.6 Å². The summed E-state index contributed by atoms with van der Waals surface area (Å²) in [4.78, 5) is 48.3. The van der Waals surface area contributed by atoms with Crippen LogP contribution >= 0.6 is 35.2 Å². The molecule has 4 aliphatic heterocycles. The van der Waals surface area contributed by atoms with E-state index in [4.69, 9.17) is 16.3 Å². The summed E-state index contributed by atoms with van der Waals surface area (Å²) < 4.78 is 7.94. The molecular weight excluding hydrogens is 568 g/mol. The summed E-state index contributed by atoms with van der Waals surface area (Å²) in [5, 5.41) is 18.0. The Balaban J connectivity index is 1.31. The van der Waals surface area contributed by atoms with Gasteiger partial charge in [-0.25, -0.2) is 9.37 Å². The van der Waals surface area contributed by atoms with Crippen LogP contribution in [0.2, 0.25) is 0 Å². The number of carboxylic acid groups (broad SMARTS) is 1. The van der Waals surface area contributed by atoms with Crippen LogP contribution in [-0.2, 0) is 19.2 Å². The van der Waals surface area contributed by atoms with Gasteiger partial charge in [0.25, 0.3) is 11.8 Å². The van der Waals surface area contributed by atoms with Gasteiger partial charge in [0.1, 0.15) is 37.0 Å². The van der Waals surface area contributed by atoms with Crippen molar-refractivity contribution >= 4 is 70.1 Å². The number of nitrogens with two attached hydrogens (primary N) is 2. The number of aromatic nitrogens is 2. The number of fused-ring (bicyclic) bond motifs is 2. The number of allylic oxidation sites excluding steroid dienone is 2. The van der Waals surface area contributed by atoms with Gasteiger partial charge in [-0.15, -0.1) is 16.8 Å². The molecule has 1 aromatic heterocycles. The molecule has 6 N–H and O–H groups in total. The van der Waals surface area contributed by atoms with Crippen molar-refractivity contribution in [2.75, 3.05) is 44.0 Å². The molecule has 1 saturated heterocycles. The molecule has 0 unspecified atom stereocenters. The predicted molar refractivity (Wildman–Crippen MR) is 146 cm³/mol. The van der Waals surface area contributed by atoms with Gasteiger partial charge in [-0.3, -0.25) is 14.5 Å². The molecule has 206 valence electrons. The Morgan fingerprint density at radius 1 is 1.44 bits per heavy atom. The van der Waals surface area contributed by atoms with E-state index >= 15 is 0 Å². The van der Waals surface area contributed by atoms with E-state index in [-0.39, 0.29) is 22.4 Å². The summed E-state index contributed by atoms with van der Waals surface area (Å²) in [6.45, 7) is 1.46. The fourth-order valence-corrected chi connectivity index (χ4v) is 6.90. The second-order valence-corrected chi connectivity index (χ2v) is 11.3. The molecule has 2 atom stereocenters. The topological polar surface area (TPSA) is 196 Å². The normalized spacial score (nSPS) is 22.3. The third-order valence-corrected chi connectivity index (χ3v) is 8.90. The number of carboxylic acids is 1. The fourth-order valence-electron chi connectivity index (χ4n) is 4.39. The molecule has 5 heterocycles. The fraction of sp³-hybridized carbons (Fsp3) is 0.381. The lowest BCUT2D eigenvalue weighted by atomic mass is 10.0. The van der Waals surface area contributed by atoms with Crippen LogP contribution in [0.3, 0.4) is 0 Å². The highest BCUT2D eigenvalue weighted by Crippen LogP contribution is 2.41. The van der Waals surface area contributed by atoms with Crippen molar-refractivity contribution in [3.8, 4) is 0 Å². The molecule has 1 fully saturated rings. The number of amides is 2. The molecule has 1 aromatic rings. The van der Waals surface area contributed by atoms with Crippen LogP contribution in [0.1, 0.15) is 5.82 Å². The second kappa shape index (κ2) is 11.2. The number of carbonyl (C=O) groups excluding carboxylic acids is 2. The minimum absolute atomic E-state index is 0.0343. The number of aliphatic carboxylic acids is 1. The average Bonchev–Trinajstić information content (AvgIpc) is 3.54. The average molecular weight is 594 g/mol. The van der Waals surface area contributed by atoms with E-state index in [1.807, 2.05) is 33.6 Å². The minimum Gasteiger partial charge on any atom is -0.477 e. The lowest BCUT2D eigenvalue weighted by molar-refractivity contribution is -0.475. The second-order valence-electron chi connectivity index (χ2n) is 8.38. The summed E-state index contributed by atoms with van der Waals surface area (Å²) in [7, 11) is 1.26. The molecule has 2 amide bonds. The predicted octanol–water partition coefficient (Wildman–Crippen LogP) is -1.20. The number of hydrogen-bond acceptors (Lipinski definition) is 14. The molecule has 0 radical (unpaired) electrons. The van der Waals surface area contributed by atoms with Crippen LogP contribution in [-0.4, -0.2) is 113 Å². The van der Waals surface area contributed by atoms with Gasteiger partial charge in [0, 0.05) is 41.2 Å². The number of carbonyl (C=O) groups is 3. The van der Waals surface area contributed by atoms with E-state index in [1.54, 1.807) is 11.9 Å². The van der Waals surface area contributed by atoms with Crippen molar-refractivity contribution in [2.24, 2.45) is 10.9 Å². The summed E-state index contributed by atoms with van der Waals surface area (Å²) in [6.07, 6.45) is 7.80. The van der Waals surface area contributed by atoms with E-state index in [1.165, 1.54) is 23.8 Å². The zero-order valence-corrected chi connectivity index (χ0v) is 23.0. The zero-order valence-electron chi connectivity index (χ0n) is 20.6. The Morgan fingerprint density at radius 3 is 2.95 bits per heavy atom. The van der Waals surface area contributed by atoms with E-state index in [0.29, 0.717) is 31.0 Å². The van der Waals surface area contributed by atoms with Crippen LogP contribution in [0.25, 0.3) is 0 Å². The van der Waals surface area contributed by atoms with Gasteiger partial charge < -0.3 is 26.7 Å². The molecule has 5 rings (SSSR count). The number of β-lactam (4-membered cyclic amide) rings is 1. The molecular formula is C21H25N10O5S3+. The molecule has 4 aliphatic rings. The maximum Gasteiger partial charge on any atom is 0.352 e. The standard InChI is InChI=1S/C21H24N10O5S3/c1-36-26-13(16-25-21(23)39-27-16)17(32)24-14-18(33)31-15(20(34)35)11(10-37-19(14)31)9-28-6-7-29-12(28)3-2-5-30(29)38-8-4-22/h2-3,5-6,14,19H,4,7-10,22H2,1H3,(H3-,23,24,25,27,32,34,35)/p+1/b26-13-/t14-,19-/m1/s1. The van der Waals surface area contributed by atoms with Crippen molar-refractivity contribution in [2.45, 2.75) is 11.4 Å². The SMILES string of the molecule is CO/N=C(\C(=O)N[C@@H]1C(=O)N2C(C(=O)O)=C(C[N+]3=CCN4C3=CC=CN4SCCN)CS[C@H]12)c1nsc(N)n1. The van der Waals surface area contributed by atoms with Crippen LogP contribution in [0.4, 0.5) is 5.13 Å². The maximum absolute atomic E-state index is 13.1. The Bertz CT molecular complexity index is 1360. The van der Waals surface area contributed by atoms with E-state index in [2.05, 4.69) is 24.8 Å². The molecule has 18 heteroatoms. The monoisotopic (exact) mass is 593 g/mol. The summed E-state index contributed by atoms with van der Waals surface area (Å²) in [5.41, 5.74) is 11.5. The highest BCUT2D eigenvalue weighted by molar-refractivity contribution is 8.00. The first-order valence-corrected chi connectivity index (χ1v) is 14.4. The number of anilines is 1. The molecule has 0 aliphatic carbocycles. The summed E-state index contributed by atoms with van der Waals surface area (Å²) in [6, 6.07) is -0.954. The lowest BCUT2D eigenvalue weighted by Crippen LogP contribution is -2.71. The number of thioether (sulfide) groups is 1. The van der Waals surface area contributed by atoms with Crippen molar-refractivity contribution in [1.29, 1.82) is 0 Å². The highest BCUT2D eigenvalue weighted by atomic mass is 32.2. The Morgan fingerprint density at radius 2 is 2.26 bits per heavy atom. The van der Waals surface area contributed by atoms with E-state index in [0.717, 1.165) is 23.1 Å². The number of oxime groups is 1. The minimum atomic E-state index is -1.20. The van der Waals surface area contributed by atoms with Gasteiger partial charge in [0.2, 0.25) is 11.5 Å². The van der Waals surface area contributed by atoms with Crippen molar-refractivity contribution in [3.05, 3.63) is 41.3 Å². The summed E-state index contributed by atoms with van der Waals surface area (Å²) in [5.74, 6) is -0.491. The number of rotatable bonds is 10. The third kappa shape index (κ3) is 5.07. The number of nitrogen functional groups attached to an aromatic ring is 1. The number of hydrogen-bond donors (Lipinski definition) is 4. The third-order valence-electron chi connectivity index (χ3n) is 6.02. The first-order chi connectivity index (χ1) is 18.8. The number of nitrogens with one attached hydrogen (secondary N) is 1. The quantitative estimate of drug-likeness (QED) is 0.0831. The molecule has 39 heavy (non-hydrogen) atoms. The molecule has 0 bridgehead atoms. The summed E-state index contributed by atoms with van der Waals surface area (Å²) >= 11 is 3.84. The molecule has 15 nitrogen and oxygen atoms in total. The van der Waals surface area contributed by atoms with Gasteiger partial charge in [0.15, 0.2) is 11.7 Å². The van der Waals surface area contributed by atoms with Gasteiger partial charge in [-0.05, 0) is 18.0 Å². The van der Waals surface area contributed by atoms with Gasteiger partial charge in [-0.1, -0.05) is 5.16 Å². The lowest BCUT2D eigenvalue weighted by Gasteiger charge is -2.49. The molecule has 0 aromatic carbocycles. The smallest absolute Gasteiger partial charge is 0.352 e. The first kappa shape index (κ1) is 27.0. The van der Waals surface area contributed by atoms with Crippen molar-refractivity contribution in [1.82, 2.24) is 29.0 Å². The zero-order chi connectivity index (χ0) is 27.7. The highest BCUT2D eigenvalue weighted by Gasteiger charge is 2.55. The van der Waals surface area contributed by atoms with Crippen LogP contribution in [0, 0.1) is 0 Å². The number of nitrogens with zero attached hydrogens (tertiary/aromatic N) is 7. The van der Waals surface area contributed by atoms with E-state index in [9.17, 15) is 19.5 Å². The van der Waals surface area contributed by atoms with Crippen molar-refractivity contribution < 1.29 is 28.9 Å². The van der Waals surface area contributed by atoms with Gasteiger partial charge in [0.05, 0.1) is 6.20 Å². The largest absolute Gasteiger partial charge is 0.477 e. The first-order valence-electron chi connectivity index (χ1n) is 11.6. The van der Waals surface area contributed by atoms with Crippen LogP contribution < -0.4 is 16.8 Å². The maximum atomic E-state index is 13.1. The van der Waals surface area contributed by atoms with E-state index < -0.39 is 29.2 Å².